The molecule has 1 amide bonds. The minimum Gasteiger partial charge on any atom is -0.325 e. The maximum Gasteiger partial charge on any atom is 0.234 e. The van der Waals surface area contributed by atoms with Crippen molar-refractivity contribution in [3.8, 4) is 0 Å². The zero-order chi connectivity index (χ0) is 15.9. The summed E-state index contributed by atoms with van der Waals surface area (Å²) < 4.78 is 12.8. The second-order valence-electron chi connectivity index (χ2n) is 4.84. The Morgan fingerprint density at radius 1 is 1.00 bits per heavy atom. The van der Waals surface area contributed by atoms with Gasteiger partial charge in [0.05, 0.1) is 11.5 Å². The van der Waals surface area contributed by atoms with E-state index >= 15 is 0 Å². The van der Waals surface area contributed by atoms with Gasteiger partial charge in [-0.1, -0.05) is 17.7 Å². The molecule has 5 heteroatoms. The summed E-state index contributed by atoms with van der Waals surface area (Å²) in [6.45, 7) is 1.97. The normalized spacial score (nSPS) is 10.3. The fraction of sp³-hybridized carbons (Fsp3) is 0.176. The number of ketones is 1. The van der Waals surface area contributed by atoms with Crippen molar-refractivity contribution in [1.29, 1.82) is 0 Å². The summed E-state index contributed by atoms with van der Waals surface area (Å²) in [6.07, 6.45) is 0. The molecule has 1 N–H and O–H groups in total. The van der Waals surface area contributed by atoms with Gasteiger partial charge in [0.25, 0.3) is 0 Å². The molecule has 3 nitrogen and oxygen atoms in total. The number of nitrogens with one attached hydrogen (secondary N) is 1. The van der Waals surface area contributed by atoms with Crippen LogP contribution in [0.4, 0.5) is 10.1 Å². The van der Waals surface area contributed by atoms with Crippen molar-refractivity contribution < 1.29 is 14.0 Å². The molecule has 0 radical (unpaired) electrons. The molecule has 0 bridgehead atoms. The lowest BCUT2D eigenvalue weighted by Gasteiger charge is -2.05. The van der Waals surface area contributed by atoms with E-state index in [0.717, 1.165) is 11.3 Å². The van der Waals surface area contributed by atoms with Gasteiger partial charge in [-0.2, -0.15) is 0 Å². The smallest absolute Gasteiger partial charge is 0.234 e. The highest BCUT2D eigenvalue weighted by Gasteiger charge is 2.08. The quantitative estimate of drug-likeness (QED) is 0.827. The van der Waals surface area contributed by atoms with Gasteiger partial charge in [-0.3, -0.25) is 9.59 Å². The van der Waals surface area contributed by atoms with Gasteiger partial charge in [0, 0.05) is 11.3 Å². The van der Waals surface area contributed by atoms with Gasteiger partial charge in [-0.25, -0.2) is 4.39 Å². The highest BCUT2D eigenvalue weighted by molar-refractivity contribution is 8.00. The molecular weight excluding hydrogens is 301 g/mol. The minimum absolute atomic E-state index is 0.117. The van der Waals surface area contributed by atoms with Gasteiger partial charge < -0.3 is 5.32 Å². The third-order valence-electron chi connectivity index (χ3n) is 2.97. The number of benzene rings is 2. The van der Waals surface area contributed by atoms with Crippen LogP contribution in [-0.2, 0) is 4.79 Å². The van der Waals surface area contributed by atoms with Crippen molar-refractivity contribution in [3.05, 3.63) is 65.5 Å². The first-order chi connectivity index (χ1) is 10.5. The lowest BCUT2D eigenvalue weighted by atomic mass is 10.1. The summed E-state index contributed by atoms with van der Waals surface area (Å²) >= 11 is 1.24. The molecule has 0 unspecified atom stereocenters. The van der Waals surface area contributed by atoms with Gasteiger partial charge in [-0.15, -0.1) is 11.8 Å². The molecule has 2 rings (SSSR count). The Labute approximate surface area is 132 Å². The molecule has 0 spiro atoms. The van der Waals surface area contributed by atoms with Crippen LogP contribution >= 0.6 is 11.8 Å². The minimum atomic E-state index is -0.373. The molecule has 0 fully saturated rings. The molecule has 0 aliphatic rings. The summed E-state index contributed by atoms with van der Waals surface area (Å²) in [4.78, 5) is 23.6. The number of hydrogen-bond acceptors (Lipinski definition) is 3. The van der Waals surface area contributed by atoms with Crippen molar-refractivity contribution in [2.45, 2.75) is 6.92 Å². The molecule has 114 valence electrons. The van der Waals surface area contributed by atoms with Gasteiger partial charge in [0.15, 0.2) is 5.78 Å². The number of carbonyl (C=O) groups is 2. The second kappa shape index (κ2) is 7.75. The van der Waals surface area contributed by atoms with Crippen LogP contribution in [0.5, 0.6) is 0 Å². The highest BCUT2D eigenvalue weighted by Crippen LogP contribution is 2.11. The molecule has 0 aromatic heterocycles. The van der Waals surface area contributed by atoms with Gasteiger partial charge in [-0.05, 0) is 43.3 Å². The second-order valence-corrected chi connectivity index (χ2v) is 5.82. The van der Waals surface area contributed by atoms with E-state index in [1.165, 1.54) is 36.0 Å². The SMILES string of the molecule is Cc1ccc(NC(=O)CSCC(=O)c2ccc(F)cc2)cc1. The summed E-state index contributed by atoms with van der Waals surface area (Å²) in [5, 5.41) is 2.77. The van der Waals surface area contributed by atoms with Crippen molar-refractivity contribution in [2.75, 3.05) is 16.8 Å². The molecular formula is C17H16FNO2S. The third-order valence-corrected chi connectivity index (χ3v) is 3.90. The van der Waals surface area contributed by atoms with E-state index in [9.17, 15) is 14.0 Å². The van der Waals surface area contributed by atoms with Gasteiger partial charge in [0.1, 0.15) is 5.82 Å². The molecule has 0 aliphatic carbocycles. The van der Waals surface area contributed by atoms with Crippen LogP contribution in [0, 0.1) is 12.7 Å². The number of Topliss-reactive ketones (excluding diaryl/α,β-unsaturated/α-hetero) is 1. The molecule has 0 heterocycles. The summed E-state index contributed by atoms with van der Waals surface area (Å²) in [5.41, 5.74) is 2.31. The number of carbonyl (C=O) groups excluding carboxylic acids is 2. The van der Waals surface area contributed by atoms with Crippen molar-refractivity contribution in [1.82, 2.24) is 0 Å². The number of halogens is 1. The molecule has 0 aliphatic heterocycles. The van der Waals surface area contributed by atoms with E-state index in [2.05, 4.69) is 5.32 Å². The number of rotatable bonds is 6. The van der Waals surface area contributed by atoms with Crippen molar-refractivity contribution in [2.24, 2.45) is 0 Å². The van der Waals surface area contributed by atoms with E-state index in [-0.39, 0.29) is 29.0 Å². The van der Waals surface area contributed by atoms with E-state index < -0.39 is 0 Å². The van der Waals surface area contributed by atoms with Crippen molar-refractivity contribution in [3.63, 3.8) is 0 Å². The average Bonchev–Trinajstić information content (AvgIpc) is 2.50. The Kier molecular flexibility index (Phi) is 5.72. The zero-order valence-corrected chi connectivity index (χ0v) is 13.0. The fourth-order valence-corrected chi connectivity index (χ4v) is 2.50. The summed E-state index contributed by atoms with van der Waals surface area (Å²) in [5.74, 6) is -0.260. The number of thioether (sulfide) groups is 1. The lowest BCUT2D eigenvalue weighted by Crippen LogP contribution is -2.15. The van der Waals surface area contributed by atoms with E-state index in [1.54, 1.807) is 0 Å². The van der Waals surface area contributed by atoms with Crippen LogP contribution < -0.4 is 5.32 Å². The van der Waals surface area contributed by atoms with Crippen molar-refractivity contribution >= 4 is 29.1 Å². The van der Waals surface area contributed by atoms with E-state index in [4.69, 9.17) is 0 Å². The van der Waals surface area contributed by atoms with Gasteiger partial charge in [0.2, 0.25) is 5.91 Å². The monoisotopic (exact) mass is 317 g/mol. The van der Waals surface area contributed by atoms with E-state index in [1.807, 2.05) is 31.2 Å². The Hall–Kier alpha value is -2.14. The molecule has 0 atom stereocenters. The number of hydrogen-bond donors (Lipinski definition) is 1. The first-order valence-electron chi connectivity index (χ1n) is 6.77. The molecule has 0 saturated carbocycles. The number of amides is 1. The highest BCUT2D eigenvalue weighted by atomic mass is 32.2. The van der Waals surface area contributed by atoms with Gasteiger partial charge >= 0.3 is 0 Å². The Morgan fingerprint density at radius 3 is 2.27 bits per heavy atom. The molecule has 2 aromatic rings. The van der Waals surface area contributed by atoms with E-state index in [0.29, 0.717) is 5.56 Å². The molecule has 2 aromatic carbocycles. The first kappa shape index (κ1) is 16.2. The van der Waals surface area contributed by atoms with Crippen LogP contribution in [-0.4, -0.2) is 23.2 Å². The number of anilines is 1. The summed E-state index contributed by atoms with van der Waals surface area (Å²) in [7, 11) is 0. The van der Waals surface area contributed by atoms with Crippen LogP contribution in [0.15, 0.2) is 48.5 Å². The zero-order valence-electron chi connectivity index (χ0n) is 12.1. The third kappa shape index (κ3) is 5.00. The maximum atomic E-state index is 12.8. The topological polar surface area (TPSA) is 46.2 Å². The number of aryl methyl sites for hydroxylation is 1. The fourth-order valence-electron chi connectivity index (χ4n) is 1.79. The Morgan fingerprint density at radius 2 is 1.64 bits per heavy atom. The average molecular weight is 317 g/mol. The van der Waals surface area contributed by atoms with Crippen LogP contribution in [0.2, 0.25) is 0 Å². The maximum absolute atomic E-state index is 12.8. The predicted molar refractivity (Wildman–Crippen MR) is 87.9 cm³/mol. The summed E-state index contributed by atoms with van der Waals surface area (Å²) in [6, 6.07) is 12.9. The lowest BCUT2D eigenvalue weighted by molar-refractivity contribution is -0.113. The first-order valence-corrected chi connectivity index (χ1v) is 7.93. The standard InChI is InChI=1S/C17H16FNO2S/c1-12-2-8-15(9-3-12)19-17(21)11-22-10-16(20)13-4-6-14(18)7-5-13/h2-9H,10-11H2,1H3,(H,19,21). The molecule has 22 heavy (non-hydrogen) atoms. The largest absolute Gasteiger partial charge is 0.325 e. The van der Waals surface area contributed by atoms with Crippen LogP contribution in [0.1, 0.15) is 15.9 Å². The molecule has 0 saturated heterocycles. The van der Waals surface area contributed by atoms with Crippen LogP contribution in [0.3, 0.4) is 0 Å². The predicted octanol–water partition coefficient (Wildman–Crippen LogP) is 3.69. The van der Waals surface area contributed by atoms with Crippen LogP contribution in [0.25, 0.3) is 0 Å². The Balaban J connectivity index is 1.75. The Bertz CT molecular complexity index is 653.